The lowest BCUT2D eigenvalue weighted by Gasteiger charge is -2.37. The first-order valence-electron chi connectivity index (χ1n) is 5.53. The van der Waals surface area contributed by atoms with Crippen molar-refractivity contribution in [3.8, 4) is 0 Å². The lowest BCUT2D eigenvalue weighted by atomic mass is 9.77. The first-order valence-corrected chi connectivity index (χ1v) is 5.53. The Morgan fingerprint density at radius 3 is 2.46 bits per heavy atom. The van der Waals surface area contributed by atoms with E-state index in [0.717, 1.165) is 5.92 Å². The first-order chi connectivity index (χ1) is 6.33. The average Bonchev–Trinajstić information content (AvgIpc) is 2.07. The van der Waals surface area contributed by atoms with Crippen LogP contribution >= 0.6 is 0 Å². The number of hydrogen-bond acceptors (Lipinski definition) is 2. The molecule has 1 rings (SSSR count). The normalized spacial score (nSPS) is 22.4. The molecule has 78 valence electrons. The Morgan fingerprint density at radius 2 is 2.15 bits per heavy atom. The Labute approximate surface area is 82.0 Å². The van der Waals surface area contributed by atoms with Crippen LogP contribution in [0.15, 0.2) is 0 Å². The Bertz CT molecular complexity index is 134. The molecule has 1 aliphatic rings. The van der Waals surface area contributed by atoms with Gasteiger partial charge < -0.3 is 10.1 Å². The zero-order valence-corrected chi connectivity index (χ0v) is 9.18. The molecule has 0 aromatic rings. The van der Waals surface area contributed by atoms with Gasteiger partial charge in [-0.25, -0.2) is 0 Å². The van der Waals surface area contributed by atoms with Gasteiger partial charge in [-0.1, -0.05) is 19.8 Å². The minimum Gasteiger partial charge on any atom is -0.380 e. The summed E-state index contributed by atoms with van der Waals surface area (Å²) in [5.41, 5.74) is 0. The van der Waals surface area contributed by atoms with E-state index in [9.17, 15) is 0 Å². The standard InChI is InChI=1S/C11H23NO/c1-4-6-10(13-3)11(12-2)9-7-5-8-9/h9-12H,4-8H2,1-3H3. The Kier molecular flexibility index (Phi) is 4.74. The van der Waals surface area contributed by atoms with Crippen LogP contribution in [0.25, 0.3) is 0 Å². The van der Waals surface area contributed by atoms with E-state index in [0.29, 0.717) is 12.1 Å². The molecule has 1 N–H and O–H groups in total. The molecular weight excluding hydrogens is 162 g/mol. The van der Waals surface area contributed by atoms with E-state index < -0.39 is 0 Å². The highest BCUT2D eigenvalue weighted by Crippen LogP contribution is 2.32. The maximum absolute atomic E-state index is 5.54. The highest BCUT2D eigenvalue weighted by molar-refractivity contribution is 4.87. The molecule has 0 aliphatic heterocycles. The van der Waals surface area contributed by atoms with Crippen LogP contribution in [0.5, 0.6) is 0 Å². The van der Waals surface area contributed by atoms with E-state index in [4.69, 9.17) is 4.74 Å². The summed E-state index contributed by atoms with van der Waals surface area (Å²) in [5, 5.41) is 3.41. The molecule has 1 aliphatic carbocycles. The van der Waals surface area contributed by atoms with Gasteiger partial charge in [0.05, 0.1) is 6.10 Å². The first kappa shape index (κ1) is 11.0. The van der Waals surface area contributed by atoms with Crippen LogP contribution < -0.4 is 5.32 Å². The van der Waals surface area contributed by atoms with Crippen molar-refractivity contribution in [1.82, 2.24) is 5.32 Å². The Morgan fingerprint density at radius 1 is 1.46 bits per heavy atom. The molecule has 0 amide bonds. The molecule has 0 bridgehead atoms. The molecule has 2 heteroatoms. The molecule has 0 heterocycles. The third-order valence-corrected chi connectivity index (χ3v) is 3.27. The van der Waals surface area contributed by atoms with E-state index in [2.05, 4.69) is 19.3 Å². The Hall–Kier alpha value is -0.0800. The second-order valence-electron chi connectivity index (χ2n) is 4.07. The molecule has 0 saturated heterocycles. The van der Waals surface area contributed by atoms with Crippen molar-refractivity contribution in [1.29, 1.82) is 0 Å². The average molecular weight is 185 g/mol. The van der Waals surface area contributed by atoms with E-state index in [1.165, 1.54) is 32.1 Å². The second-order valence-corrected chi connectivity index (χ2v) is 4.07. The second kappa shape index (κ2) is 5.61. The summed E-state index contributed by atoms with van der Waals surface area (Å²) in [6, 6.07) is 0.582. The predicted octanol–water partition coefficient (Wildman–Crippen LogP) is 2.19. The third-order valence-electron chi connectivity index (χ3n) is 3.27. The van der Waals surface area contributed by atoms with E-state index in [-0.39, 0.29) is 0 Å². The molecule has 1 fully saturated rings. The lowest BCUT2D eigenvalue weighted by molar-refractivity contribution is 0.0269. The monoisotopic (exact) mass is 185 g/mol. The molecule has 0 aromatic heterocycles. The van der Waals surface area contributed by atoms with Gasteiger partial charge in [-0.3, -0.25) is 0 Å². The summed E-state index contributed by atoms with van der Waals surface area (Å²) in [5.74, 6) is 0.862. The molecule has 0 aromatic carbocycles. The number of likely N-dealkylation sites (N-methyl/N-ethyl adjacent to an activating group) is 1. The maximum atomic E-state index is 5.54. The number of nitrogens with one attached hydrogen (secondary N) is 1. The summed E-state index contributed by atoms with van der Waals surface area (Å²) in [6.45, 7) is 2.22. The van der Waals surface area contributed by atoms with E-state index in [1.54, 1.807) is 0 Å². The molecule has 2 nitrogen and oxygen atoms in total. The fraction of sp³-hybridized carbons (Fsp3) is 1.00. The van der Waals surface area contributed by atoms with E-state index >= 15 is 0 Å². The summed E-state index contributed by atoms with van der Waals surface area (Å²) in [4.78, 5) is 0. The van der Waals surface area contributed by atoms with Gasteiger partial charge in [-0.2, -0.15) is 0 Å². The van der Waals surface area contributed by atoms with E-state index in [1.807, 2.05) is 7.11 Å². The van der Waals surface area contributed by atoms with Gasteiger partial charge in [0.2, 0.25) is 0 Å². The van der Waals surface area contributed by atoms with Crippen molar-refractivity contribution >= 4 is 0 Å². The van der Waals surface area contributed by atoms with Gasteiger partial charge in [0.15, 0.2) is 0 Å². The minimum atomic E-state index is 0.417. The quantitative estimate of drug-likeness (QED) is 0.685. The van der Waals surface area contributed by atoms with Crippen molar-refractivity contribution in [2.75, 3.05) is 14.2 Å². The number of rotatable bonds is 6. The Balaban J connectivity index is 2.40. The SMILES string of the molecule is CCCC(OC)C(NC)C1CCC1. The molecule has 2 unspecified atom stereocenters. The van der Waals surface area contributed by atoms with Crippen molar-refractivity contribution < 1.29 is 4.74 Å². The number of ether oxygens (including phenoxy) is 1. The topological polar surface area (TPSA) is 21.3 Å². The molecule has 0 spiro atoms. The molecule has 0 radical (unpaired) electrons. The fourth-order valence-electron chi connectivity index (χ4n) is 2.25. The van der Waals surface area contributed by atoms with Crippen LogP contribution in [0, 0.1) is 5.92 Å². The van der Waals surface area contributed by atoms with Crippen LogP contribution in [0.4, 0.5) is 0 Å². The molecule has 1 saturated carbocycles. The van der Waals surface area contributed by atoms with Crippen molar-refractivity contribution in [3.63, 3.8) is 0 Å². The summed E-state index contributed by atoms with van der Waals surface area (Å²) in [7, 11) is 3.90. The van der Waals surface area contributed by atoms with Crippen LogP contribution in [0.3, 0.4) is 0 Å². The summed E-state index contributed by atoms with van der Waals surface area (Å²) in [6.07, 6.45) is 6.98. The zero-order chi connectivity index (χ0) is 9.68. The highest BCUT2D eigenvalue weighted by atomic mass is 16.5. The minimum absolute atomic E-state index is 0.417. The highest BCUT2D eigenvalue weighted by Gasteiger charge is 2.31. The largest absolute Gasteiger partial charge is 0.380 e. The van der Waals surface area contributed by atoms with Gasteiger partial charge in [-0.05, 0) is 32.2 Å². The third kappa shape index (κ3) is 2.68. The number of methoxy groups -OCH3 is 1. The lowest BCUT2D eigenvalue weighted by Crippen LogP contribution is -2.46. The molecule has 2 atom stereocenters. The van der Waals surface area contributed by atoms with Crippen LogP contribution in [-0.2, 0) is 4.74 Å². The van der Waals surface area contributed by atoms with Crippen LogP contribution in [0.1, 0.15) is 39.0 Å². The van der Waals surface area contributed by atoms with Gasteiger partial charge in [0.25, 0.3) is 0 Å². The van der Waals surface area contributed by atoms with Gasteiger partial charge >= 0.3 is 0 Å². The van der Waals surface area contributed by atoms with Crippen LogP contribution in [-0.4, -0.2) is 26.3 Å². The summed E-state index contributed by atoms with van der Waals surface area (Å²) < 4.78 is 5.54. The number of hydrogen-bond donors (Lipinski definition) is 1. The maximum Gasteiger partial charge on any atom is 0.0726 e. The van der Waals surface area contributed by atoms with Crippen LogP contribution in [0.2, 0.25) is 0 Å². The van der Waals surface area contributed by atoms with Crippen molar-refractivity contribution in [2.24, 2.45) is 5.92 Å². The fourth-order valence-corrected chi connectivity index (χ4v) is 2.25. The molecule has 13 heavy (non-hydrogen) atoms. The summed E-state index contributed by atoms with van der Waals surface area (Å²) >= 11 is 0. The zero-order valence-electron chi connectivity index (χ0n) is 9.18. The van der Waals surface area contributed by atoms with Gasteiger partial charge in [-0.15, -0.1) is 0 Å². The molecular formula is C11H23NO. The predicted molar refractivity (Wildman–Crippen MR) is 55.9 cm³/mol. The smallest absolute Gasteiger partial charge is 0.0726 e. The van der Waals surface area contributed by atoms with Gasteiger partial charge in [0.1, 0.15) is 0 Å². The van der Waals surface area contributed by atoms with Gasteiger partial charge in [0, 0.05) is 13.2 Å². The van der Waals surface area contributed by atoms with Crippen molar-refractivity contribution in [2.45, 2.75) is 51.2 Å². The van der Waals surface area contributed by atoms with Crippen molar-refractivity contribution in [3.05, 3.63) is 0 Å².